The summed E-state index contributed by atoms with van der Waals surface area (Å²) >= 11 is 0. The normalized spacial score (nSPS) is 15.6. The van der Waals surface area contributed by atoms with Crippen molar-refractivity contribution >= 4 is 26.9 Å². The van der Waals surface area contributed by atoms with Crippen molar-refractivity contribution in [3.8, 4) is 17.3 Å². The Morgan fingerprint density at radius 1 is 1.16 bits per heavy atom. The van der Waals surface area contributed by atoms with Crippen molar-refractivity contribution in [3.63, 3.8) is 0 Å². The van der Waals surface area contributed by atoms with E-state index in [4.69, 9.17) is 0 Å². The van der Waals surface area contributed by atoms with Gasteiger partial charge in [-0.3, -0.25) is 0 Å². The number of hydrogen-bond acceptors (Lipinski definition) is 7. The van der Waals surface area contributed by atoms with Gasteiger partial charge in [0, 0.05) is 35.8 Å². The van der Waals surface area contributed by atoms with Crippen molar-refractivity contribution < 1.29 is 17.2 Å². The first-order valence-corrected chi connectivity index (χ1v) is 11.8. The number of rotatable bonds is 4. The quantitative estimate of drug-likeness (QED) is 0.640. The molecule has 166 valence electrons. The van der Waals surface area contributed by atoms with Crippen LogP contribution in [0.1, 0.15) is 24.1 Å². The lowest BCUT2D eigenvalue weighted by molar-refractivity contribution is 0.331. The number of halogens is 2. The van der Waals surface area contributed by atoms with Crippen LogP contribution in [0.5, 0.6) is 0 Å². The van der Waals surface area contributed by atoms with Crippen LogP contribution in [0, 0.1) is 29.9 Å². The summed E-state index contributed by atoms with van der Waals surface area (Å²) in [5.74, 6) is -1.26. The fraction of sp³-hybridized carbons (Fsp3) is 0.333. The predicted octanol–water partition coefficient (Wildman–Crippen LogP) is 2.99. The molecule has 3 aromatic rings. The van der Waals surface area contributed by atoms with E-state index < -0.39 is 21.7 Å². The van der Waals surface area contributed by atoms with Gasteiger partial charge in [-0.15, -0.1) is 0 Å². The van der Waals surface area contributed by atoms with Crippen molar-refractivity contribution in [1.29, 1.82) is 5.26 Å². The largest absolute Gasteiger partial charge is 0.351 e. The summed E-state index contributed by atoms with van der Waals surface area (Å²) in [7, 11) is -3.24. The molecule has 2 aromatic heterocycles. The molecule has 0 atom stereocenters. The number of pyridine rings is 1. The zero-order valence-electron chi connectivity index (χ0n) is 17.4. The third-order valence-corrected chi connectivity index (χ3v) is 6.69. The number of anilines is 1. The molecule has 1 N–H and O–H groups in total. The van der Waals surface area contributed by atoms with Gasteiger partial charge in [-0.05, 0) is 38.0 Å². The van der Waals surface area contributed by atoms with Crippen LogP contribution < -0.4 is 5.32 Å². The lowest BCUT2D eigenvalue weighted by Crippen LogP contribution is -2.42. The second-order valence-corrected chi connectivity index (χ2v) is 9.73. The lowest BCUT2D eigenvalue weighted by atomic mass is 10.0. The van der Waals surface area contributed by atoms with Gasteiger partial charge in [0.1, 0.15) is 17.0 Å². The van der Waals surface area contributed by atoms with Crippen LogP contribution in [-0.4, -0.2) is 53.1 Å². The predicted molar refractivity (Wildman–Crippen MR) is 115 cm³/mol. The first-order valence-electron chi connectivity index (χ1n) is 9.91. The molecule has 0 aliphatic carbocycles. The summed E-state index contributed by atoms with van der Waals surface area (Å²) < 4.78 is 54.0. The van der Waals surface area contributed by atoms with E-state index in [0.717, 1.165) is 12.3 Å². The van der Waals surface area contributed by atoms with Crippen LogP contribution in [0.25, 0.3) is 22.2 Å². The van der Waals surface area contributed by atoms with Crippen molar-refractivity contribution in [2.45, 2.75) is 25.8 Å². The molecule has 0 bridgehead atoms. The highest BCUT2D eigenvalue weighted by atomic mass is 32.2. The molecule has 0 spiro atoms. The number of aryl methyl sites for hydroxylation is 1. The van der Waals surface area contributed by atoms with E-state index in [2.05, 4.69) is 20.3 Å². The number of fused-ring (bicyclic) bond motifs is 1. The second-order valence-electron chi connectivity index (χ2n) is 7.75. The number of nitrogens with one attached hydrogen (secondary N) is 1. The van der Waals surface area contributed by atoms with Crippen molar-refractivity contribution in [2.75, 3.05) is 24.7 Å². The highest BCUT2D eigenvalue weighted by Crippen LogP contribution is 2.29. The number of sulfonamides is 1. The van der Waals surface area contributed by atoms with Crippen molar-refractivity contribution in [1.82, 2.24) is 19.3 Å². The van der Waals surface area contributed by atoms with Gasteiger partial charge >= 0.3 is 0 Å². The molecule has 1 aliphatic rings. The van der Waals surface area contributed by atoms with Crippen molar-refractivity contribution in [3.05, 3.63) is 47.3 Å². The highest BCUT2D eigenvalue weighted by molar-refractivity contribution is 7.88. The molecule has 32 heavy (non-hydrogen) atoms. The number of piperidine rings is 1. The monoisotopic (exact) mass is 458 g/mol. The fourth-order valence-electron chi connectivity index (χ4n) is 3.80. The summed E-state index contributed by atoms with van der Waals surface area (Å²) in [6, 6.07) is 6.10. The summed E-state index contributed by atoms with van der Waals surface area (Å²) in [4.78, 5) is 12.3. The van der Waals surface area contributed by atoms with Crippen molar-refractivity contribution in [2.24, 2.45) is 0 Å². The number of hydrogen-bond donors (Lipinski definition) is 1. The minimum atomic E-state index is -3.24. The van der Waals surface area contributed by atoms with E-state index in [9.17, 15) is 22.5 Å². The molecular formula is C21H20F2N6O2S. The third-order valence-electron chi connectivity index (χ3n) is 5.39. The maximum absolute atomic E-state index is 14.8. The van der Waals surface area contributed by atoms with Gasteiger partial charge in [0.15, 0.2) is 5.82 Å². The fourth-order valence-corrected chi connectivity index (χ4v) is 4.67. The first-order chi connectivity index (χ1) is 15.2. The van der Waals surface area contributed by atoms with Crippen LogP contribution in [0.4, 0.5) is 14.7 Å². The summed E-state index contributed by atoms with van der Waals surface area (Å²) in [5.41, 5.74) is 0.824. The van der Waals surface area contributed by atoms with Gasteiger partial charge < -0.3 is 5.32 Å². The SMILES string of the molecule is Cc1cc(C#N)c2cc(-c3nc(NC4CCN(S(C)(=O)=O)CC4)ncc3F)cc(F)c2n1. The highest BCUT2D eigenvalue weighted by Gasteiger charge is 2.25. The summed E-state index contributed by atoms with van der Waals surface area (Å²) in [5, 5.41) is 12.8. The Kier molecular flexibility index (Phi) is 5.75. The standard InChI is InChI=1S/C21H20F2N6O2S/c1-12-7-14(10-24)16-8-13(9-17(22)20(16)26-12)19-18(23)11-25-21(28-19)27-15-3-5-29(6-4-15)32(2,30)31/h7-9,11,15H,3-6H2,1-2H3,(H,25,27,28). The van der Waals surface area contributed by atoms with E-state index >= 15 is 0 Å². The molecule has 3 heterocycles. The number of aromatic nitrogens is 3. The molecule has 4 rings (SSSR count). The molecule has 1 aliphatic heterocycles. The molecule has 0 unspecified atom stereocenters. The second kappa shape index (κ2) is 8.37. The number of nitriles is 1. The first kappa shape index (κ1) is 22.0. The summed E-state index contributed by atoms with van der Waals surface area (Å²) in [6.45, 7) is 2.39. The molecule has 0 saturated carbocycles. The van der Waals surface area contributed by atoms with Crippen LogP contribution >= 0.6 is 0 Å². The zero-order chi connectivity index (χ0) is 23.0. The van der Waals surface area contributed by atoms with Crippen LogP contribution in [-0.2, 0) is 10.0 Å². The zero-order valence-corrected chi connectivity index (χ0v) is 18.2. The maximum atomic E-state index is 14.8. The Labute approximate surface area is 184 Å². The molecule has 11 heteroatoms. The summed E-state index contributed by atoms with van der Waals surface area (Å²) in [6.07, 6.45) is 3.26. The van der Waals surface area contributed by atoms with E-state index in [1.165, 1.54) is 22.7 Å². The van der Waals surface area contributed by atoms with Gasteiger partial charge in [-0.25, -0.2) is 36.5 Å². The molecule has 1 fully saturated rings. The third kappa shape index (κ3) is 4.37. The molecular weight excluding hydrogens is 438 g/mol. The Morgan fingerprint density at radius 3 is 2.53 bits per heavy atom. The average Bonchev–Trinajstić information content (AvgIpc) is 2.74. The Morgan fingerprint density at radius 2 is 1.88 bits per heavy atom. The van der Waals surface area contributed by atoms with E-state index in [-0.39, 0.29) is 39.7 Å². The lowest BCUT2D eigenvalue weighted by Gasteiger charge is -2.30. The number of benzene rings is 1. The van der Waals surface area contributed by atoms with Gasteiger partial charge in [-0.2, -0.15) is 5.26 Å². The van der Waals surface area contributed by atoms with Gasteiger partial charge in [0.25, 0.3) is 0 Å². The molecule has 1 saturated heterocycles. The van der Waals surface area contributed by atoms with E-state index in [1.807, 2.05) is 6.07 Å². The van der Waals surface area contributed by atoms with E-state index in [1.54, 1.807) is 6.92 Å². The van der Waals surface area contributed by atoms with Crippen LogP contribution in [0.15, 0.2) is 24.4 Å². The molecule has 8 nitrogen and oxygen atoms in total. The molecule has 0 amide bonds. The Bertz CT molecular complexity index is 1350. The van der Waals surface area contributed by atoms with Gasteiger partial charge in [0.2, 0.25) is 16.0 Å². The maximum Gasteiger partial charge on any atom is 0.223 e. The Hall–Kier alpha value is -3.23. The average molecular weight is 458 g/mol. The molecule has 1 aromatic carbocycles. The smallest absolute Gasteiger partial charge is 0.223 e. The van der Waals surface area contributed by atoms with Crippen LogP contribution in [0.3, 0.4) is 0 Å². The van der Waals surface area contributed by atoms with Crippen LogP contribution in [0.2, 0.25) is 0 Å². The minimum Gasteiger partial charge on any atom is -0.351 e. The van der Waals surface area contributed by atoms with E-state index in [0.29, 0.717) is 31.6 Å². The van der Waals surface area contributed by atoms with Gasteiger partial charge in [-0.1, -0.05) is 0 Å². The van der Waals surface area contributed by atoms with Gasteiger partial charge in [0.05, 0.1) is 24.1 Å². The number of nitrogens with zero attached hydrogens (tertiary/aromatic N) is 5. The minimum absolute atomic E-state index is 0.0377. The topological polar surface area (TPSA) is 112 Å². The molecule has 0 radical (unpaired) electrons. The Balaban J connectivity index is 1.65.